The molecule has 1 aromatic heterocycles. The van der Waals surface area contributed by atoms with E-state index in [4.69, 9.17) is 16.3 Å². The Morgan fingerprint density at radius 3 is 2.56 bits per heavy atom. The van der Waals surface area contributed by atoms with E-state index in [-0.39, 0.29) is 5.56 Å². The number of benzene rings is 2. The summed E-state index contributed by atoms with van der Waals surface area (Å²) in [7, 11) is 0. The van der Waals surface area contributed by atoms with Crippen LogP contribution >= 0.6 is 22.9 Å². The molecule has 1 aliphatic heterocycles. The van der Waals surface area contributed by atoms with Gasteiger partial charge in [-0.1, -0.05) is 22.9 Å². The Balaban J connectivity index is 1.65. The van der Waals surface area contributed by atoms with Gasteiger partial charge in [-0.2, -0.15) is 13.2 Å². The van der Waals surface area contributed by atoms with Crippen molar-refractivity contribution in [3.8, 4) is 0 Å². The molecule has 10 heteroatoms. The number of fused-ring (bicyclic) bond motifs is 1. The molecular weight excluding hydrogens is 463 g/mol. The molecule has 4 rings (SSSR count). The zero-order valence-corrected chi connectivity index (χ0v) is 18.9. The molecule has 0 N–H and O–H groups in total. The first-order valence-corrected chi connectivity index (χ1v) is 11.3. The highest BCUT2D eigenvalue weighted by molar-refractivity contribution is 7.22. The van der Waals surface area contributed by atoms with E-state index in [1.165, 1.54) is 28.4 Å². The molecule has 0 radical (unpaired) electrons. The van der Waals surface area contributed by atoms with Crippen molar-refractivity contribution in [1.82, 2.24) is 9.88 Å². The van der Waals surface area contributed by atoms with E-state index in [0.29, 0.717) is 36.5 Å². The Bertz CT molecular complexity index is 1110. The maximum atomic E-state index is 13.3. The van der Waals surface area contributed by atoms with Gasteiger partial charge in [-0.3, -0.25) is 14.6 Å². The number of morpholine rings is 1. The van der Waals surface area contributed by atoms with Gasteiger partial charge in [0.1, 0.15) is 0 Å². The largest absolute Gasteiger partial charge is 0.416 e. The zero-order valence-electron chi connectivity index (χ0n) is 17.3. The molecule has 1 fully saturated rings. The number of anilines is 1. The lowest BCUT2D eigenvalue weighted by molar-refractivity contribution is -0.137. The molecule has 0 saturated carbocycles. The molecule has 0 bridgehead atoms. The van der Waals surface area contributed by atoms with Crippen LogP contribution in [-0.4, -0.2) is 55.2 Å². The minimum absolute atomic E-state index is 0.175. The van der Waals surface area contributed by atoms with Gasteiger partial charge in [0, 0.05) is 36.8 Å². The van der Waals surface area contributed by atoms with Gasteiger partial charge in [-0.25, -0.2) is 4.98 Å². The van der Waals surface area contributed by atoms with Crippen molar-refractivity contribution < 1.29 is 22.7 Å². The molecule has 2 aromatic carbocycles. The second-order valence-electron chi connectivity index (χ2n) is 7.55. The lowest BCUT2D eigenvalue weighted by Crippen LogP contribution is -2.43. The van der Waals surface area contributed by atoms with Gasteiger partial charge in [0.25, 0.3) is 5.91 Å². The molecule has 0 atom stereocenters. The van der Waals surface area contributed by atoms with Crippen molar-refractivity contribution in [2.75, 3.05) is 44.3 Å². The zero-order chi connectivity index (χ0) is 22.9. The number of hydrogen-bond acceptors (Lipinski definition) is 5. The molecule has 0 unspecified atom stereocenters. The summed E-state index contributed by atoms with van der Waals surface area (Å²) in [5.74, 6) is -0.394. The first-order chi connectivity index (χ1) is 15.2. The molecule has 32 heavy (non-hydrogen) atoms. The molecule has 5 nitrogen and oxygen atoms in total. The summed E-state index contributed by atoms with van der Waals surface area (Å²) in [4.78, 5) is 21.7. The smallest absolute Gasteiger partial charge is 0.379 e. The Morgan fingerprint density at radius 1 is 1.22 bits per heavy atom. The molecule has 1 aliphatic rings. The fourth-order valence-corrected chi connectivity index (χ4v) is 5.01. The summed E-state index contributed by atoms with van der Waals surface area (Å²) in [6.07, 6.45) is -4.46. The van der Waals surface area contributed by atoms with Crippen LogP contribution in [0.15, 0.2) is 36.4 Å². The number of hydrogen-bond donors (Lipinski definition) is 0. The van der Waals surface area contributed by atoms with E-state index >= 15 is 0 Å². The van der Waals surface area contributed by atoms with E-state index < -0.39 is 17.6 Å². The lowest BCUT2D eigenvalue weighted by Gasteiger charge is -2.29. The van der Waals surface area contributed by atoms with Crippen LogP contribution in [0.3, 0.4) is 0 Å². The molecular formula is C22H21ClF3N3O2S. The number of ether oxygens (including phenoxy) is 1. The molecule has 0 spiro atoms. The van der Waals surface area contributed by atoms with Crippen LogP contribution in [0.4, 0.5) is 18.3 Å². The standard InChI is InChI=1S/C22H21ClF3N3O2S/c1-14-12-17(23)13-18-19(14)27-21(32-18)29(7-6-28-8-10-31-11-9-28)20(30)15-2-4-16(5-3-15)22(24,25)26/h2-5,12-13H,6-11H2,1H3. The van der Waals surface area contributed by atoms with Crippen molar-refractivity contribution >= 4 is 44.2 Å². The summed E-state index contributed by atoms with van der Waals surface area (Å²) in [6.45, 7) is 5.64. The number of aromatic nitrogens is 1. The van der Waals surface area contributed by atoms with Gasteiger partial charge < -0.3 is 4.74 Å². The Morgan fingerprint density at radius 2 is 1.91 bits per heavy atom. The van der Waals surface area contributed by atoms with Crippen molar-refractivity contribution in [2.24, 2.45) is 0 Å². The van der Waals surface area contributed by atoms with Crippen LogP contribution in [0.5, 0.6) is 0 Å². The molecule has 0 aliphatic carbocycles. The fraction of sp³-hybridized carbons (Fsp3) is 0.364. The Kier molecular flexibility index (Phi) is 6.71. The van der Waals surface area contributed by atoms with Gasteiger partial charge in [-0.15, -0.1) is 0 Å². The topological polar surface area (TPSA) is 45.7 Å². The summed E-state index contributed by atoms with van der Waals surface area (Å²) < 4.78 is 45.0. The SMILES string of the molecule is Cc1cc(Cl)cc2sc(N(CCN3CCOCC3)C(=O)c3ccc(C(F)(F)F)cc3)nc12. The highest BCUT2D eigenvalue weighted by atomic mass is 35.5. The second-order valence-corrected chi connectivity index (χ2v) is 9.00. The normalized spacial score (nSPS) is 15.3. The minimum Gasteiger partial charge on any atom is -0.379 e. The van der Waals surface area contributed by atoms with Gasteiger partial charge >= 0.3 is 6.18 Å². The van der Waals surface area contributed by atoms with Crippen LogP contribution < -0.4 is 4.90 Å². The van der Waals surface area contributed by atoms with Crippen LogP contribution in [0.25, 0.3) is 10.2 Å². The highest BCUT2D eigenvalue weighted by Crippen LogP contribution is 2.34. The first-order valence-electron chi connectivity index (χ1n) is 10.1. The number of aryl methyl sites for hydroxylation is 1. The third-order valence-electron chi connectivity index (χ3n) is 5.32. The highest BCUT2D eigenvalue weighted by Gasteiger charge is 2.31. The van der Waals surface area contributed by atoms with Crippen LogP contribution in [0.2, 0.25) is 5.02 Å². The van der Waals surface area contributed by atoms with E-state index in [1.54, 1.807) is 6.07 Å². The van der Waals surface area contributed by atoms with Crippen molar-refractivity contribution in [2.45, 2.75) is 13.1 Å². The second kappa shape index (κ2) is 9.35. The van der Waals surface area contributed by atoms with Crippen LogP contribution in [0.1, 0.15) is 21.5 Å². The van der Waals surface area contributed by atoms with E-state index in [9.17, 15) is 18.0 Å². The number of thiazole rings is 1. The van der Waals surface area contributed by atoms with E-state index in [2.05, 4.69) is 9.88 Å². The molecule has 170 valence electrons. The first kappa shape index (κ1) is 23.0. The molecule has 1 amide bonds. The third-order valence-corrected chi connectivity index (χ3v) is 6.56. The van der Waals surface area contributed by atoms with Crippen LogP contribution in [0, 0.1) is 6.92 Å². The fourth-order valence-electron chi connectivity index (χ4n) is 3.57. The predicted molar refractivity (Wildman–Crippen MR) is 120 cm³/mol. The monoisotopic (exact) mass is 483 g/mol. The number of amides is 1. The average Bonchev–Trinajstić information content (AvgIpc) is 3.18. The van der Waals surface area contributed by atoms with E-state index in [1.807, 2.05) is 13.0 Å². The quantitative estimate of drug-likeness (QED) is 0.497. The van der Waals surface area contributed by atoms with Gasteiger partial charge in [0.15, 0.2) is 5.13 Å². The predicted octanol–water partition coefficient (Wildman–Crippen LogP) is 5.26. The van der Waals surface area contributed by atoms with Crippen molar-refractivity contribution in [3.63, 3.8) is 0 Å². The molecule has 2 heterocycles. The Hall–Kier alpha value is -2.20. The number of nitrogens with zero attached hydrogens (tertiary/aromatic N) is 3. The number of rotatable bonds is 5. The summed E-state index contributed by atoms with van der Waals surface area (Å²) >= 11 is 7.51. The minimum atomic E-state index is -4.46. The van der Waals surface area contributed by atoms with E-state index in [0.717, 1.165) is 41.0 Å². The number of carbonyl (C=O) groups is 1. The Labute approximate surface area is 192 Å². The van der Waals surface area contributed by atoms with Crippen molar-refractivity contribution in [1.29, 1.82) is 0 Å². The molecule has 3 aromatic rings. The molecule has 1 saturated heterocycles. The summed E-state index contributed by atoms with van der Waals surface area (Å²) in [6, 6.07) is 7.88. The third kappa shape index (κ3) is 5.06. The number of halogens is 4. The number of carbonyl (C=O) groups excluding carboxylic acids is 1. The van der Waals surface area contributed by atoms with Crippen LogP contribution in [-0.2, 0) is 10.9 Å². The maximum absolute atomic E-state index is 13.3. The van der Waals surface area contributed by atoms with Gasteiger partial charge in [-0.05, 0) is 48.9 Å². The summed E-state index contributed by atoms with van der Waals surface area (Å²) in [5.41, 5.74) is 1.03. The van der Waals surface area contributed by atoms with Crippen molar-refractivity contribution in [3.05, 3.63) is 58.1 Å². The average molecular weight is 484 g/mol. The van der Waals surface area contributed by atoms with Gasteiger partial charge in [0.2, 0.25) is 0 Å². The summed E-state index contributed by atoms with van der Waals surface area (Å²) in [5, 5.41) is 1.07. The lowest BCUT2D eigenvalue weighted by atomic mass is 10.1. The number of alkyl halides is 3. The maximum Gasteiger partial charge on any atom is 0.416 e. The van der Waals surface area contributed by atoms with Gasteiger partial charge in [0.05, 0.1) is 29.0 Å².